The molecule has 1 heterocycles. The van der Waals surface area contributed by atoms with E-state index in [1.807, 2.05) is 24.3 Å². The van der Waals surface area contributed by atoms with Crippen LogP contribution < -0.4 is 5.48 Å². The van der Waals surface area contributed by atoms with Gasteiger partial charge in [-0.2, -0.15) is 0 Å². The van der Waals surface area contributed by atoms with Gasteiger partial charge in [0.05, 0.1) is 18.1 Å². The number of benzene rings is 1. The van der Waals surface area contributed by atoms with Gasteiger partial charge >= 0.3 is 0 Å². The van der Waals surface area contributed by atoms with Gasteiger partial charge in [0.1, 0.15) is 5.82 Å². The second-order valence-electron chi connectivity index (χ2n) is 3.43. The van der Waals surface area contributed by atoms with Crippen molar-refractivity contribution in [1.82, 2.24) is 15.4 Å². The van der Waals surface area contributed by atoms with Gasteiger partial charge in [0.2, 0.25) is 5.91 Å². The molecule has 1 amide bonds. The second kappa shape index (κ2) is 4.76. The lowest BCUT2D eigenvalue weighted by Gasteiger charge is -1.99. The minimum Gasteiger partial charge on any atom is -0.342 e. The molecule has 0 bridgehead atoms. The zero-order valence-corrected chi connectivity index (χ0v) is 8.99. The van der Waals surface area contributed by atoms with Crippen molar-refractivity contribution in [2.24, 2.45) is 0 Å². The number of hydrogen-bond donors (Lipinski definition) is 2. The molecule has 0 saturated carbocycles. The van der Waals surface area contributed by atoms with Crippen molar-refractivity contribution in [3.8, 4) is 0 Å². The van der Waals surface area contributed by atoms with Crippen molar-refractivity contribution < 1.29 is 9.63 Å². The third-order valence-corrected chi connectivity index (χ3v) is 2.24. The van der Waals surface area contributed by atoms with Gasteiger partial charge in [-0.25, -0.2) is 10.5 Å². The average molecular weight is 219 g/mol. The lowest BCUT2D eigenvalue weighted by molar-refractivity contribution is -0.131. The van der Waals surface area contributed by atoms with Crippen molar-refractivity contribution in [2.45, 2.75) is 12.8 Å². The van der Waals surface area contributed by atoms with E-state index in [0.717, 1.165) is 16.9 Å². The molecule has 0 fully saturated rings. The van der Waals surface area contributed by atoms with Gasteiger partial charge in [0.15, 0.2) is 0 Å². The Labute approximate surface area is 92.8 Å². The Bertz CT molecular complexity index is 460. The van der Waals surface area contributed by atoms with E-state index >= 15 is 0 Å². The molecule has 0 unspecified atom stereocenters. The predicted molar refractivity (Wildman–Crippen MR) is 59.6 cm³/mol. The van der Waals surface area contributed by atoms with Crippen LogP contribution in [0.4, 0.5) is 0 Å². The number of fused-ring (bicyclic) bond motifs is 1. The highest BCUT2D eigenvalue weighted by Crippen LogP contribution is 2.11. The van der Waals surface area contributed by atoms with Gasteiger partial charge in [0, 0.05) is 12.8 Å². The number of imidazole rings is 1. The monoisotopic (exact) mass is 219 g/mol. The SMILES string of the molecule is CONC(=O)CCc1nc2ccccc2[nH]1. The van der Waals surface area contributed by atoms with Gasteiger partial charge in [-0.15, -0.1) is 0 Å². The number of carbonyl (C=O) groups is 1. The summed E-state index contributed by atoms with van der Waals surface area (Å²) in [6, 6.07) is 7.78. The highest BCUT2D eigenvalue weighted by molar-refractivity contribution is 5.76. The number of nitrogens with zero attached hydrogens (tertiary/aromatic N) is 1. The second-order valence-corrected chi connectivity index (χ2v) is 3.43. The van der Waals surface area contributed by atoms with Gasteiger partial charge in [-0.05, 0) is 12.1 Å². The summed E-state index contributed by atoms with van der Waals surface area (Å²) in [5.74, 6) is 0.662. The highest BCUT2D eigenvalue weighted by atomic mass is 16.6. The van der Waals surface area contributed by atoms with Gasteiger partial charge in [-0.1, -0.05) is 12.1 Å². The molecule has 84 valence electrons. The standard InChI is InChI=1S/C11H13N3O2/c1-16-14-11(15)7-6-10-12-8-4-2-3-5-9(8)13-10/h2-5H,6-7H2,1H3,(H,12,13)(H,14,15). The number of hydroxylamine groups is 1. The van der Waals surface area contributed by atoms with Gasteiger partial charge in [0.25, 0.3) is 0 Å². The molecule has 0 aliphatic heterocycles. The van der Waals surface area contributed by atoms with Crippen LogP contribution in [0.2, 0.25) is 0 Å². The summed E-state index contributed by atoms with van der Waals surface area (Å²) in [7, 11) is 1.42. The number of hydrogen-bond acceptors (Lipinski definition) is 3. The van der Waals surface area contributed by atoms with E-state index in [-0.39, 0.29) is 5.91 Å². The number of carbonyl (C=O) groups excluding carboxylic acids is 1. The Kier molecular flexibility index (Phi) is 3.16. The Morgan fingerprint density at radius 3 is 3.06 bits per heavy atom. The Balaban J connectivity index is 2.02. The van der Waals surface area contributed by atoms with E-state index in [1.165, 1.54) is 7.11 Å². The van der Waals surface area contributed by atoms with Crippen molar-refractivity contribution in [1.29, 1.82) is 0 Å². The molecule has 0 spiro atoms. The fraction of sp³-hybridized carbons (Fsp3) is 0.273. The molecule has 5 nitrogen and oxygen atoms in total. The van der Waals surface area contributed by atoms with E-state index in [1.54, 1.807) is 0 Å². The van der Waals surface area contributed by atoms with E-state index < -0.39 is 0 Å². The number of aromatic nitrogens is 2. The van der Waals surface area contributed by atoms with E-state index in [9.17, 15) is 4.79 Å². The molecule has 0 saturated heterocycles. The third-order valence-electron chi connectivity index (χ3n) is 2.24. The maximum atomic E-state index is 11.2. The van der Waals surface area contributed by atoms with Crippen molar-refractivity contribution >= 4 is 16.9 Å². The highest BCUT2D eigenvalue weighted by Gasteiger charge is 2.05. The Morgan fingerprint density at radius 1 is 1.50 bits per heavy atom. The molecule has 2 aromatic rings. The number of aryl methyl sites for hydroxylation is 1. The number of para-hydroxylation sites is 2. The summed E-state index contributed by atoms with van der Waals surface area (Å²) < 4.78 is 0. The average Bonchev–Trinajstić information content (AvgIpc) is 2.69. The number of amides is 1. The molecule has 2 N–H and O–H groups in total. The number of aromatic amines is 1. The molecule has 0 atom stereocenters. The van der Waals surface area contributed by atoms with Crippen LogP contribution in [-0.4, -0.2) is 23.0 Å². The molecular weight excluding hydrogens is 206 g/mol. The smallest absolute Gasteiger partial charge is 0.243 e. The lowest BCUT2D eigenvalue weighted by atomic mass is 10.3. The summed E-state index contributed by atoms with van der Waals surface area (Å²) in [5.41, 5.74) is 4.18. The largest absolute Gasteiger partial charge is 0.342 e. The summed E-state index contributed by atoms with van der Waals surface area (Å²) in [6.45, 7) is 0. The zero-order valence-electron chi connectivity index (χ0n) is 8.99. The summed E-state index contributed by atoms with van der Waals surface area (Å²) >= 11 is 0. The van der Waals surface area contributed by atoms with Crippen LogP contribution in [0.15, 0.2) is 24.3 Å². The van der Waals surface area contributed by atoms with Crippen LogP contribution in [0.3, 0.4) is 0 Å². The van der Waals surface area contributed by atoms with E-state index in [0.29, 0.717) is 12.8 Å². The third kappa shape index (κ3) is 2.38. The summed E-state index contributed by atoms with van der Waals surface area (Å²) in [6.07, 6.45) is 0.928. The van der Waals surface area contributed by atoms with Crippen LogP contribution in [0.25, 0.3) is 11.0 Å². The quantitative estimate of drug-likeness (QED) is 0.758. The number of nitrogens with one attached hydrogen (secondary N) is 2. The van der Waals surface area contributed by atoms with Gasteiger partial charge in [-0.3, -0.25) is 9.63 Å². The first-order chi connectivity index (χ1) is 7.79. The molecule has 0 aliphatic carbocycles. The van der Waals surface area contributed by atoms with Gasteiger partial charge < -0.3 is 4.98 Å². The fourth-order valence-electron chi connectivity index (χ4n) is 1.52. The van der Waals surface area contributed by atoms with Crippen LogP contribution in [0.1, 0.15) is 12.2 Å². The van der Waals surface area contributed by atoms with Crippen molar-refractivity contribution in [2.75, 3.05) is 7.11 Å². The molecule has 16 heavy (non-hydrogen) atoms. The summed E-state index contributed by atoms with van der Waals surface area (Å²) in [4.78, 5) is 23.2. The topological polar surface area (TPSA) is 67.0 Å². The zero-order chi connectivity index (χ0) is 11.4. The number of H-pyrrole nitrogens is 1. The predicted octanol–water partition coefficient (Wildman–Crippen LogP) is 1.17. The molecular formula is C11H13N3O2. The maximum Gasteiger partial charge on any atom is 0.243 e. The van der Waals surface area contributed by atoms with Crippen LogP contribution in [0, 0.1) is 0 Å². The molecule has 0 aliphatic rings. The normalized spacial score (nSPS) is 10.6. The molecule has 2 rings (SSSR count). The first-order valence-electron chi connectivity index (χ1n) is 5.05. The minimum atomic E-state index is -0.150. The van der Waals surface area contributed by atoms with E-state index in [2.05, 4.69) is 20.3 Å². The van der Waals surface area contributed by atoms with Crippen molar-refractivity contribution in [3.63, 3.8) is 0 Å². The van der Waals surface area contributed by atoms with Crippen LogP contribution in [-0.2, 0) is 16.1 Å². The molecule has 5 heteroatoms. The summed E-state index contributed by atoms with van der Waals surface area (Å²) in [5, 5.41) is 0. The Hall–Kier alpha value is -1.88. The minimum absolute atomic E-state index is 0.150. The van der Waals surface area contributed by atoms with E-state index in [4.69, 9.17) is 0 Å². The molecule has 1 aromatic heterocycles. The molecule has 0 radical (unpaired) electrons. The Morgan fingerprint density at radius 2 is 2.31 bits per heavy atom. The first kappa shape index (κ1) is 10.6. The number of rotatable bonds is 4. The molecule has 1 aromatic carbocycles. The van der Waals surface area contributed by atoms with Crippen molar-refractivity contribution in [3.05, 3.63) is 30.1 Å². The van der Waals surface area contributed by atoms with Crippen LogP contribution >= 0.6 is 0 Å². The maximum absolute atomic E-state index is 11.2. The lowest BCUT2D eigenvalue weighted by Crippen LogP contribution is -2.22. The first-order valence-corrected chi connectivity index (χ1v) is 5.05. The van der Waals surface area contributed by atoms with Crippen LogP contribution in [0.5, 0.6) is 0 Å². The fourth-order valence-corrected chi connectivity index (χ4v) is 1.52.